The number of benzene rings is 2. The van der Waals surface area contributed by atoms with Crippen molar-refractivity contribution in [3.63, 3.8) is 0 Å². The van der Waals surface area contributed by atoms with Crippen molar-refractivity contribution in [1.82, 2.24) is 9.29 Å². The Bertz CT molecular complexity index is 1440. The van der Waals surface area contributed by atoms with Crippen LogP contribution in [0.3, 0.4) is 0 Å². The third-order valence-electron chi connectivity index (χ3n) is 7.72. The molecule has 0 bridgehead atoms. The van der Waals surface area contributed by atoms with Gasteiger partial charge < -0.3 is 4.42 Å². The molecule has 2 atom stereocenters. The molecule has 36 heavy (non-hydrogen) atoms. The third-order valence-corrected chi connectivity index (χ3v) is 10.1. The van der Waals surface area contributed by atoms with Crippen molar-refractivity contribution < 1.29 is 21.6 Å². The van der Waals surface area contributed by atoms with Crippen LogP contribution >= 0.6 is 0 Å². The largest absolute Gasteiger partial charge is 0.416 e. The molecule has 3 aromatic rings. The fourth-order valence-electron chi connectivity index (χ4n) is 5.67. The normalized spacial score (nSPS) is 27.9. The molecule has 1 aliphatic carbocycles. The Morgan fingerprint density at radius 2 is 1.89 bits per heavy atom. The van der Waals surface area contributed by atoms with Crippen LogP contribution in [0, 0.1) is 17.6 Å². The van der Waals surface area contributed by atoms with Crippen molar-refractivity contribution >= 4 is 10.0 Å². The first-order valence-corrected chi connectivity index (χ1v) is 13.5. The number of oxazole rings is 1. The lowest BCUT2D eigenvalue weighted by Gasteiger charge is -2.45. The highest BCUT2D eigenvalue weighted by atomic mass is 32.2. The summed E-state index contributed by atoms with van der Waals surface area (Å²) >= 11 is 0. The number of allylic oxidation sites excluding steroid dienone is 1. The molecule has 1 aliphatic heterocycles. The summed E-state index contributed by atoms with van der Waals surface area (Å²) in [4.78, 5) is 14.1. The van der Waals surface area contributed by atoms with Gasteiger partial charge >= 0.3 is 5.76 Å². The lowest BCUT2D eigenvalue weighted by molar-refractivity contribution is 0.182. The van der Waals surface area contributed by atoms with E-state index in [1.54, 1.807) is 37.3 Å². The number of sulfonamides is 1. The number of hydrogen-bond donors (Lipinski definition) is 1. The van der Waals surface area contributed by atoms with Crippen LogP contribution in [0.2, 0.25) is 0 Å². The van der Waals surface area contributed by atoms with E-state index in [9.17, 15) is 13.2 Å². The number of aromatic nitrogens is 1. The second kappa shape index (κ2) is 9.12. The standard InChI is InChI=1S/C27H28F2N2O4S/c1-3-18-13-27(14-18,25-15-30-26(32)35-25)21-12-22(28)20(11-23(21)29)16-31-17(2)9-10-24(36(31,33)34)19-7-5-4-6-8-19/h3-8,11-12,15,17-18,24H,1,9-10,13-14,16H2,2H3,(H,30,32)/t17-,18?,24+,27?/m0/s1. The monoisotopic (exact) mass is 514 g/mol. The fraction of sp³-hybridized carbons (Fsp3) is 0.370. The van der Waals surface area contributed by atoms with Crippen LogP contribution in [0.1, 0.15) is 60.3 Å². The Morgan fingerprint density at radius 3 is 2.53 bits per heavy atom. The average molecular weight is 515 g/mol. The molecule has 190 valence electrons. The van der Waals surface area contributed by atoms with E-state index in [4.69, 9.17) is 4.42 Å². The van der Waals surface area contributed by atoms with Gasteiger partial charge in [0.2, 0.25) is 10.0 Å². The van der Waals surface area contributed by atoms with Gasteiger partial charge in [0.25, 0.3) is 0 Å². The summed E-state index contributed by atoms with van der Waals surface area (Å²) in [5, 5.41) is -0.729. The first-order chi connectivity index (χ1) is 17.2. The van der Waals surface area contributed by atoms with Gasteiger partial charge in [0.1, 0.15) is 22.6 Å². The molecule has 1 N–H and O–H groups in total. The summed E-state index contributed by atoms with van der Waals surface area (Å²) in [5.41, 5.74) is -0.260. The molecule has 6 nitrogen and oxygen atoms in total. The fourth-order valence-corrected chi connectivity index (χ4v) is 7.86. The van der Waals surface area contributed by atoms with Crippen LogP contribution in [-0.4, -0.2) is 23.7 Å². The number of hydrogen-bond acceptors (Lipinski definition) is 4. The van der Waals surface area contributed by atoms with Crippen molar-refractivity contribution in [2.75, 3.05) is 0 Å². The maximum atomic E-state index is 15.6. The number of aromatic amines is 1. The van der Waals surface area contributed by atoms with Gasteiger partial charge in [-0.2, -0.15) is 4.31 Å². The van der Waals surface area contributed by atoms with E-state index in [-0.39, 0.29) is 35.4 Å². The molecule has 1 saturated carbocycles. The number of halogens is 2. The summed E-state index contributed by atoms with van der Waals surface area (Å²) in [6.45, 7) is 5.30. The maximum absolute atomic E-state index is 15.6. The van der Waals surface area contributed by atoms with Crippen LogP contribution in [0.5, 0.6) is 0 Å². The first-order valence-electron chi connectivity index (χ1n) is 12.0. The highest BCUT2D eigenvalue weighted by Gasteiger charge is 2.50. The quantitative estimate of drug-likeness (QED) is 0.460. The van der Waals surface area contributed by atoms with Crippen molar-refractivity contribution in [2.45, 2.75) is 55.9 Å². The van der Waals surface area contributed by atoms with Crippen LogP contribution in [-0.2, 0) is 22.0 Å². The number of H-pyrrole nitrogens is 1. The number of nitrogens with zero attached hydrogens (tertiary/aromatic N) is 1. The third kappa shape index (κ3) is 4.04. The maximum Gasteiger partial charge on any atom is 0.416 e. The smallest absolute Gasteiger partial charge is 0.412 e. The molecule has 0 amide bonds. The van der Waals surface area contributed by atoms with Crippen molar-refractivity contribution in [1.29, 1.82) is 0 Å². The highest BCUT2D eigenvalue weighted by Crippen LogP contribution is 2.53. The molecule has 0 radical (unpaired) electrons. The van der Waals surface area contributed by atoms with Gasteiger partial charge in [-0.15, -0.1) is 6.58 Å². The number of rotatable bonds is 6. The second-order valence-electron chi connectivity index (χ2n) is 9.87. The lowest BCUT2D eigenvalue weighted by atomic mass is 9.57. The van der Waals surface area contributed by atoms with Crippen molar-refractivity contribution in [3.8, 4) is 0 Å². The predicted molar refractivity (Wildman–Crippen MR) is 132 cm³/mol. The van der Waals surface area contributed by atoms with Gasteiger partial charge in [-0.25, -0.2) is 22.0 Å². The minimum Gasteiger partial charge on any atom is -0.412 e. The van der Waals surface area contributed by atoms with Gasteiger partial charge in [-0.1, -0.05) is 36.4 Å². The van der Waals surface area contributed by atoms with Gasteiger partial charge in [0.15, 0.2) is 0 Å². The van der Waals surface area contributed by atoms with E-state index >= 15 is 8.78 Å². The molecule has 0 unspecified atom stereocenters. The predicted octanol–water partition coefficient (Wildman–Crippen LogP) is 5.18. The zero-order chi connectivity index (χ0) is 25.7. The molecule has 5 rings (SSSR count). The van der Waals surface area contributed by atoms with E-state index in [0.717, 1.165) is 12.1 Å². The Labute approximate surface area is 208 Å². The Kier molecular flexibility index (Phi) is 6.24. The summed E-state index contributed by atoms with van der Waals surface area (Å²) in [5.74, 6) is -1.72. The topological polar surface area (TPSA) is 83.4 Å². The number of nitrogens with one attached hydrogen (secondary N) is 1. The first kappa shape index (κ1) is 24.6. The SMILES string of the molecule is C=CC1CC(c2c[nH]c(=O)o2)(c2cc(F)c(CN3[C@@H](C)CC[C@H](c4ccccc4)S3(=O)=O)cc2F)C1. The molecule has 2 fully saturated rings. The zero-order valence-corrected chi connectivity index (χ0v) is 20.7. The van der Waals surface area contributed by atoms with Crippen LogP contribution in [0.15, 0.2) is 70.5 Å². The van der Waals surface area contributed by atoms with Gasteiger partial charge in [-0.05, 0) is 56.2 Å². The molecule has 1 saturated heterocycles. The summed E-state index contributed by atoms with van der Waals surface area (Å²) in [6.07, 6.45) is 5.05. The summed E-state index contributed by atoms with van der Waals surface area (Å²) in [6, 6.07) is 10.8. The average Bonchev–Trinajstić information content (AvgIpc) is 3.25. The van der Waals surface area contributed by atoms with Crippen molar-refractivity contribution in [2.24, 2.45) is 5.92 Å². The van der Waals surface area contributed by atoms with Crippen LogP contribution in [0.4, 0.5) is 8.78 Å². The Morgan fingerprint density at radius 1 is 1.17 bits per heavy atom. The molecule has 9 heteroatoms. The van der Waals surface area contributed by atoms with E-state index in [1.165, 1.54) is 10.5 Å². The second-order valence-corrected chi connectivity index (χ2v) is 11.9. The van der Waals surface area contributed by atoms with Gasteiger partial charge in [0, 0.05) is 29.9 Å². The van der Waals surface area contributed by atoms with Gasteiger partial charge in [0.05, 0.1) is 5.41 Å². The highest BCUT2D eigenvalue weighted by molar-refractivity contribution is 7.89. The van der Waals surface area contributed by atoms with Crippen LogP contribution in [0.25, 0.3) is 0 Å². The molecule has 0 spiro atoms. The molecule has 2 heterocycles. The zero-order valence-electron chi connectivity index (χ0n) is 19.9. The van der Waals surface area contributed by atoms with Crippen LogP contribution < -0.4 is 5.76 Å². The Balaban J connectivity index is 1.49. The molecular weight excluding hydrogens is 486 g/mol. The summed E-state index contributed by atoms with van der Waals surface area (Å²) < 4.78 is 64.6. The lowest BCUT2D eigenvalue weighted by Crippen LogP contribution is -2.45. The van der Waals surface area contributed by atoms with E-state index in [2.05, 4.69) is 11.6 Å². The summed E-state index contributed by atoms with van der Waals surface area (Å²) in [7, 11) is -3.80. The molecule has 2 aromatic carbocycles. The van der Waals surface area contributed by atoms with Gasteiger partial charge in [-0.3, -0.25) is 4.98 Å². The van der Waals surface area contributed by atoms with E-state index < -0.39 is 38.1 Å². The van der Waals surface area contributed by atoms with E-state index in [1.807, 2.05) is 6.07 Å². The molecular formula is C27H28F2N2O4S. The van der Waals surface area contributed by atoms with Crippen molar-refractivity contribution in [3.05, 3.63) is 106 Å². The van der Waals surface area contributed by atoms with E-state index in [0.29, 0.717) is 31.2 Å². The Hall–Kier alpha value is -3.04. The minimum atomic E-state index is -3.80. The molecule has 1 aromatic heterocycles. The molecule has 2 aliphatic rings. The minimum absolute atomic E-state index is 0.0364.